The first-order chi connectivity index (χ1) is 7.53. The minimum atomic E-state index is 0.148. The quantitative estimate of drug-likeness (QED) is 0.761. The highest BCUT2D eigenvalue weighted by atomic mass is 16.2. The maximum Gasteiger partial charge on any atom is 0.222 e. The predicted octanol–water partition coefficient (Wildman–Crippen LogP) is 2.50. The standard InChI is InChI=1S/C14H19NO/c1-11-4-6-12(7-5-11)14(8-9-14)10-13(16)15(2)3/h4-7H,8-10H2,1-3H3. The molecule has 0 saturated heterocycles. The molecule has 1 fully saturated rings. The summed E-state index contributed by atoms with van der Waals surface area (Å²) >= 11 is 0. The fourth-order valence-corrected chi connectivity index (χ4v) is 2.07. The lowest BCUT2D eigenvalue weighted by Gasteiger charge is -2.18. The van der Waals surface area contributed by atoms with E-state index in [1.54, 1.807) is 4.90 Å². The van der Waals surface area contributed by atoms with Gasteiger partial charge in [-0.25, -0.2) is 0 Å². The van der Waals surface area contributed by atoms with Gasteiger partial charge in [-0.05, 0) is 25.3 Å². The lowest BCUT2D eigenvalue weighted by molar-refractivity contribution is -0.129. The Balaban J connectivity index is 2.14. The molecule has 1 aromatic rings. The van der Waals surface area contributed by atoms with Crippen LogP contribution in [-0.2, 0) is 10.2 Å². The molecule has 16 heavy (non-hydrogen) atoms. The van der Waals surface area contributed by atoms with Crippen molar-refractivity contribution in [1.82, 2.24) is 4.90 Å². The number of aryl methyl sites for hydroxylation is 1. The molecule has 0 aliphatic heterocycles. The lowest BCUT2D eigenvalue weighted by Crippen LogP contribution is -2.26. The first-order valence-corrected chi connectivity index (χ1v) is 5.81. The number of rotatable bonds is 3. The smallest absolute Gasteiger partial charge is 0.222 e. The molecular formula is C14H19NO. The van der Waals surface area contributed by atoms with Crippen molar-refractivity contribution in [3.8, 4) is 0 Å². The van der Waals surface area contributed by atoms with E-state index in [0.717, 1.165) is 12.8 Å². The van der Waals surface area contributed by atoms with E-state index in [-0.39, 0.29) is 11.3 Å². The van der Waals surface area contributed by atoms with E-state index in [4.69, 9.17) is 0 Å². The van der Waals surface area contributed by atoms with Crippen molar-refractivity contribution in [2.45, 2.75) is 31.6 Å². The highest BCUT2D eigenvalue weighted by Crippen LogP contribution is 2.51. The molecule has 1 aromatic carbocycles. The Morgan fingerprint density at radius 1 is 1.25 bits per heavy atom. The minimum absolute atomic E-state index is 0.148. The number of amides is 1. The van der Waals surface area contributed by atoms with Gasteiger partial charge in [-0.3, -0.25) is 4.79 Å². The van der Waals surface area contributed by atoms with E-state index in [1.807, 2.05) is 14.1 Å². The number of carbonyl (C=O) groups excluding carboxylic acids is 1. The number of hydrogen-bond donors (Lipinski definition) is 0. The Hall–Kier alpha value is -1.31. The highest BCUT2D eigenvalue weighted by molar-refractivity contribution is 5.78. The van der Waals surface area contributed by atoms with Gasteiger partial charge in [0.1, 0.15) is 0 Å². The largest absolute Gasteiger partial charge is 0.349 e. The highest BCUT2D eigenvalue weighted by Gasteiger charge is 2.45. The molecule has 0 bridgehead atoms. The van der Waals surface area contributed by atoms with Crippen molar-refractivity contribution in [3.05, 3.63) is 35.4 Å². The molecule has 2 rings (SSSR count). The Morgan fingerprint density at radius 3 is 2.25 bits per heavy atom. The van der Waals surface area contributed by atoms with Crippen molar-refractivity contribution < 1.29 is 4.79 Å². The first-order valence-electron chi connectivity index (χ1n) is 5.81. The van der Waals surface area contributed by atoms with Gasteiger partial charge in [-0.2, -0.15) is 0 Å². The lowest BCUT2D eigenvalue weighted by atomic mass is 9.91. The van der Waals surface area contributed by atoms with Gasteiger partial charge >= 0.3 is 0 Å². The summed E-state index contributed by atoms with van der Waals surface area (Å²) in [7, 11) is 3.65. The fraction of sp³-hybridized carbons (Fsp3) is 0.500. The number of benzene rings is 1. The Bertz CT molecular complexity index is 388. The van der Waals surface area contributed by atoms with Gasteiger partial charge in [0.15, 0.2) is 0 Å². The summed E-state index contributed by atoms with van der Waals surface area (Å²) in [6, 6.07) is 8.61. The third-order valence-corrected chi connectivity index (χ3v) is 3.51. The summed E-state index contributed by atoms with van der Waals surface area (Å²) in [5.74, 6) is 0.234. The zero-order valence-corrected chi connectivity index (χ0v) is 10.3. The molecule has 1 aliphatic rings. The number of carbonyl (C=O) groups is 1. The second-order valence-corrected chi connectivity index (χ2v) is 5.11. The summed E-state index contributed by atoms with van der Waals surface area (Å²) in [5.41, 5.74) is 2.75. The van der Waals surface area contributed by atoms with E-state index < -0.39 is 0 Å². The van der Waals surface area contributed by atoms with Crippen LogP contribution in [0, 0.1) is 6.92 Å². The van der Waals surface area contributed by atoms with E-state index in [1.165, 1.54) is 11.1 Å². The zero-order valence-electron chi connectivity index (χ0n) is 10.3. The van der Waals surface area contributed by atoms with Crippen LogP contribution in [0.3, 0.4) is 0 Å². The van der Waals surface area contributed by atoms with Gasteiger partial charge in [-0.15, -0.1) is 0 Å². The first kappa shape index (κ1) is 11.2. The molecule has 0 N–H and O–H groups in total. The second-order valence-electron chi connectivity index (χ2n) is 5.11. The van der Waals surface area contributed by atoms with Crippen LogP contribution in [0.4, 0.5) is 0 Å². The maximum absolute atomic E-state index is 11.8. The van der Waals surface area contributed by atoms with Crippen LogP contribution in [0.25, 0.3) is 0 Å². The second kappa shape index (κ2) is 3.93. The Morgan fingerprint density at radius 2 is 1.81 bits per heavy atom. The topological polar surface area (TPSA) is 20.3 Å². The molecule has 86 valence electrons. The van der Waals surface area contributed by atoms with E-state index >= 15 is 0 Å². The Kier molecular flexibility index (Phi) is 2.75. The summed E-state index contributed by atoms with van der Waals surface area (Å²) in [5, 5.41) is 0. The number of nitrogens with zero attached hydrogens (tertiary/aromatic N) is 1. The summed E-state index contributed by atoms with van der Waals surface area (Å²) < 4.78 is 0. The maximum atomic E-state index is 11.8. The molecule has 1 saturated carbocycles. The SMILES string of the molecule is Cc1ccc(C2(CC(=O)N(C)C)CC2)cc1. The average molecular weight is 217 g/mol. The van der Waals surface area contributed by atoms with Crippen LogP contribution in [0.5, 0.6) is 0 Å². The molecule has 2 nitrogen and oxygen atoms in total. The summed E-state index contributed by atoms with van der Waals surface area (Å²) in [4.78, 5) is 13.5. The molecule has 0 radical (unpaired) electrons. The van der Waals surface area contributed by atoms with Gasteiger partial charge in [0.2, 0.25) is 5.91 Å². The van der Waals surface area contributed by atoms with Crippen molar-refractivity contribution in [3.63, 3.8) is 0 Å². The molecule has 0 aromatic heterocycles. The average Bonchev–Trinajstić information content (AvgIpc) is 2.99. The van der Waals surface area contributed by atoms with Crippen molar-refractivity contribution >= 4 is 5.91 Å². The molecule has 2 heteroatoms. The summed E-state index contributed by atoms with van der Waals surface area (Å²) in [6.07, 6.45) is 2.95. The van der Waals surface area contributed by atoms with Crippen LogP contribution in [0.1, 0.15) is 30.4 Å². The zero-order chi connectivity index (χ0) is 11.8. The van der Waals surface area contributed by atoms with Gasteiger partial charge < -0.3 is 4.90 Å². The normalized spacial score (nSPS) is 16.9. The predicted molar refractivity (Wildman–Crippen MR) is 65.4 cm³/mol. The molecule has 0 unspecified atom stereocenters. The van der Waals surface area contributed by atoms with Crippen LogP contribution in [0.15, 0.2) is 24.3 Å². The molecule has 1 aliphatic carbocycles. The third-order valence-electron chi connectivity index (χ3n) is 3.51. The summed E-state index contributed by atoms with van der Waals surface area (Å²) in [6.45, 7) is 2.09. The van der Waals surface area contributed by atoms with Crippen molar-refractivity contribution in [2.24, 2.45) is 0 Å². The van der Waals surface area contributed by atoms with Crippen LogP contribution in [0.2, 0.25) is 0 Å². The van der Waals surface area contributed by atoms with Crippen LogP contribution >= 0.6 is 0 Å². The molecular weight excluding hydrogens is 198 g/mol. The van der Waals surface area contributed by atoms with Gasteiger partial charge in [0.05, 0.1) is 0 Å². The third kappa shape index (κ3) is 2.11. The van der Waals surface area contributed by atoms with Crippen molar-refractivity contribution in [2.75, 3.05) is 14.1 Å². The van der Waals surface area contributed by atoms with Crippen LogP contribution in [-0.4, -0.2) is 24.9 Å². The van der Waals surface area contributed by atoms with Gasteiger partial charge in [0.25, 0.3) is 0 Å². The molecule has 0 spiro atoms. The van der Waals surface area contributed by atoms with E-state index in [9.17, 15) is 4.79 Å². The molecule has 0 atom stereocenters. The molecule has 1 amide bonds. The number of hydrogen-bond acceptors (Lipinski definition) is 1. The molecule has 0 heterocycles. The Labute approximate surface area is 97.3 Å². The monoisotopic (exact) mass is 217 g/mol. The van der Waals surface area contributed by atoms with Crippen molar-refractivity contribution in [1.29, 1.82) is 0 Å². The minimum Gasteiger partial charge on any atom is -0.349 e. The van der Waals surface area contributed by atoms with Gasteiger partial charge in [0, 0.05) is 25.9 Å². The van der Waals surface area contributed by atoms with Crippen LogP contribution < -0.4 is 0 Å². The van der Waals surface area contributed by atoms with E-state index in [0.29, 0.717) is 6.42 Å². The van der Waals surface area contributed by atoms with Gasteiger partial charge in [-0.1, -0.05) is 29.8 Å². The van der Waals surface area contributed by atoms with E-state index in [2.05, 4.69) is 31.2 Å². The fourth-order valence-electron chi connectivity index (χ4n) is 2.07.